The number of benzene rings is 2. The average Bonchev–Trinajstić information content (AvgIpc) is 3.09. The van der Waals surface area contributed by atoms with Crippen LogP contribution in [0, 0.1) is 5.82 Å². The molecule has 2 aromatic carbocycles. The molecule has 0 unspecified atom stereocenters. The highest BCUT2D eigenvalue weighted by atomic mass is 19.1. The molecule has 0 aliphatic rings. The van der Waals surface area contributed by atoms with Gasteiger partial charge in [-0.3, -0.25) is 4.79 Å². The Bertz CT molecular complexity index is 873. The van der Waals surface area contributed by atoms with Crippen LogP contribution in [0.15, 0.2) is 65.1 Å². The van der Waals surface area contributed by atoms with E-state index in [-0.39, 0.29) is 18.1 Å². The smallest absolute Gasteiger partial charge is 0.224 e. The van der Waals surface area contributed by atoms with E-state index in [1.54, 1.807) is 49.6 Å². The highest BCUT2D eigenvalue weighted by Crippen LogP contribution is 2.25. The maximum Gasteiger partial charge on any atom is 0.224 e. The zero-order chi connectivity index (χ0) is 17.6. The number of carbonyl (C=O) groups is 1. The lowest BCUT2D eigenvalue weighted by Gasteiger charge is -2.06. The van der Waals surface area contributed by atoms with E-state index in [1.807, 2.05) is 12.1 Å². The molecule has 4 nitrogen and oxygen atoms in total. The first-order chi connectivity index (χ1) is 12.2. The summed E-state index contributed by atoms with van der Waals surface area (Å²) >= 11 is 0. The molecule has 3 rings (SSSR count). The summed E-state index contributed by atoms with van der Waals surface area (Å²) in [6.45, 7) is 0. The molecule has 0 aliphatic heterocycles. The van der Waals surface area contributed by atoms with Gasteiger partial charge in [-0.05, 0) is 36.4 Å². The Kier molecular flexibility index (Phi) is 5.14. The highest BCUT2D eigenvalue weighted by Gasteiger charge is 2.10. The average molecular weight is 339 g/mol. The Morgan fingerprint density at radius 1 is 1.12 bits per heavy atom. The molecule has 25 heavy (non-hydrogen) atoms. The number of carbonyl (C=O) groups excluding carboxylic acids is 1. The van der Waals surface area contributed by atoms with Crippen molar-refractivity contribution in [3.05, 3.63) is 72.2 Å². The number of amides is 1. The van der Waals surface area contributed by atoms with E-state index in [9.17, 15) is 9.18 Å². The third-order valence-corrected chi connectivity index (χ3v) is 3.75. The second-order valence-corrected chi connectivity index (χ2v) is 5.53. The first-order valence-electron chi connectivity index (χ1n) is 7.93. The Hall–Kier alpha value is -3.08. The van der Waals surface area contributed by atoms with Crippen LogP contribution in [0.4, 0.5) is 10.1 Å². The minimum absolute atomic E-state index is 0.128. The molecule has 1 aromatic heterocycles. The fourth-order valence-electron chi connectivity index (χ4n) is 2.48. The first kappa shape index (κ1) is 16.8. The molecule has 0 radical (unpaired) electrons. The van der Waals surface area contributed by atoms with Crippen molar-refractivity contribution in [1.82, 2.24) is 0 Å². The highest BCUT2D eigenvalue weighted by molar-refractivity contribution is 5.91. The number of hydrogen-bond acceptors (Lipinski definition) is 3. The van der Waals surface area contributed by atoms with Crippen molar-refractivity contribution in [1.29, 1.82) is 0 Å². The summed E-state index contributed by atoms with van der Waals surface area (Å²) in [7, 11) is 1.57. The number of anilines is 1. The van der Waals surface area contributed by atoms with Crippen LogP contribution in [0.1, 0.15) is 12.2 Å². The number of methoxy groups -OCH3 is 1. The summed E-state index contributed by atoms with van der Waals surface area (Å²) in [5.74, 6) is 1.31. The lowest BCUT2D eigenvalue weighted by atomic mass is 10.1. The summed E-state index contributed by atoms with van der Waals surface area (Å²) in [6, 6.07) is 17.1. The fourth-order valence-corrected chi connectivity index (χ4v) is 2.48. The minimum Gasteiger partial charge on any atom is -0.497 e. The minimum atomic E-state index is -0.334. The summed E-state index contributed by atoms with van der Waals surface area (Å²) in [5.41, 5.74) is 1.09. The molecule has 0 saturated carbocycles. The van der Waals surface area contributed by atoms with Gasteiger partial charge in [-0.1, -0.05) is 18.2 Å². The Morgan fingerprint density at radius 3 is 2.76 bits per heavy atom. The molecule has 1 amide bonds. The van der Waals surface area contributed by atoms with Crippen LogP contribution in [0.3, 0.4) is 0 Å². The van der Waals surface area contributed by atoms with Gasteiger partial charge in [0.05, 0.1) is 12.7 Å². The second-order valence-electron chi connectivity index (χ2n) is 5.53. The van der Waals surface area contributed by atoms with Crippen molar-refractivity contribution in [2.75, 3.05) is 12.4 Å². The van der Waals surface area contributed by atoms with Crippen LogP contribution in [-0.4, -0.2) is 13.0 Å². The summed E-state index contributed by atoms with van der Waals surface area (Å²) in [5, 5.41) is 2.81. The number of hydrogen-bond donors (Lipinski definition) is 1. The van der Waals surface area contributed by atoms with Crippen molar-refractivity contribution in [3.63, 3.8) is 0 Å². The lowest BCUT2D eigenvalue weighted by molar-refractivity contribution is -0.116. The molecule has 128 valence electrons. The van der Waals surface area contributed by atoms with Crippen molar-refractivity contribution < 1.29 is 18.3 Å². The molecule has 0 atom stereocenters. The van der Waals surface area contributed by atoms with Crippen LogP contribution >= 0.6 is 0 Å². The number of halogens is 1. The molecule has 0 fully saturated rings. The van der Waals surface area contributed by atoms with Crippen molar-refractivity contribution in [2.45, 2.75) is 12.8 Å². The van der Waals surface area contributed by atoms with Crippen molar-refractivity contribution in [3.8, 4) is 17.1 Å². The lowest BCUT2D eigenvalue weighted by Crippen LogP contribution is -2.12. The van der Waals surface area contributed by atoms with Crippen molar-refractivity contribution >= 4 is 11.6 Å². The van der Waals surface area contributed by atoms with Gasteiger partial charge in [-0.15, -0.1) is 0 Å². The monoisotopic (exact) mass is 339 g/mol. The van der Waals surface area contributed by atoms with Gasteiger partial charge in [-0.2, -0.15) is 0 Å². The van der Waals surface area contributed by atoms with Crippen LogP contribution in [0.2, 0.25) is 0 Å². The van der Waals surface area contributed by atoms with Gasteiger partial charge in [0.25, 0.3) is 0 Å². The molecule has 0 saturated heterocycles. The second kappa shape index (κ2) is 7.66. The van der Waals surface area contributed by atoms with E-state index in [2.05, 4.69) is 5.32 Å². The zero-order valence-corrected chi connectivity index (χ0v) is 13.8. The number of rotatable bonds is 6. The number of aryl methyl sites for hydroxylation is 1. The van der Waals surface area contributed by atoms with E-state index < -0.39 is 0 Å². The van der Waals surface area contributed by atoms with Gasteiger partial charge in [0.15, 0.2) is 0 Å². The maximum absolute atomic E-state index is 13.8. The molecule has 0 bridgehead atoms. The Morgan fingerprint density at radius 2 is 1.96 bits per heavy atom. The first-order valence-corrected chi connectivity index (χ1v) is 7.93. The van der Waals surface area contributed by atoms with Crippen molar-refractivity contribution in [2.24, 2.45) is 0 Å². The van der Waals surface area contributed by atoms with Gasteiger partial charge in [0, 0.05) is 24.6 Å². The predicted molar refractivity (Wildman–Crippen MR) is 94.0 cm³/mol. The van der Waals surface area contributed by atoms with Gasteiger partial charge in [-0.25, -0.2) is 4.39 Å². The van der Waals surface area contributed by atoms with Gasteiger partial charge in [0.1, 0.15) is 23.1 Å². The molecule has 1 N–H and O–H groups in total. The standard InChI is InChI=1S/C20H18FNO3/c1-24-16-6-4-5-14(13-16)22-20(23)12-10-15-9-11-19(25-15)17-7-2-3-8-18(17)21/h2-9,11,13H,10,12H2,1H3,(H,22,23). The van der Waals surface area contributed by atoms with E-state index in [0.717, 1.165) is 0 Å². The number of furan rings is 1. The summed E-state index contributed by atoms with van der Waals surface area (Å²) in [6.07, 6.45) is 0.700. The predicted octanol–water partition coefficient (Wildman–Crippen LogP) is 4.67. The molecule has 3 aromatic rings. The largest absolute Gasteiger partial charge is 0.497 e. The third kappa shape index (κ3) is 4.26. The summed E-state index contributed by atoms with van der Waals surface area (Å²) < 4.78 is 24.5. The van der Waals surface area contributed by atoms with Crippen LogP contribution in [0.25, 0.3) is 11.3 Å². The van der Waals surface area contributed by atoms with Gasteiger partial charge >= 0.3 is 0 Å². The van der Waals surface area contributed by atoms with Crippen LogP contribution in [0.5, 0.6) is 5.75 Å². The molecular weight excluding hydrogens is 321 g/mol. The van der Waals surface area contributed by atoms with Crippen LogP contribution in [-0.2, 0) is 11.2 Å². The molecule has 5 heteroatoms. The summed E-state index contributed by atoms with van der Waals surface area (Å²) in [4.78, 5) is 12.1. The Balaban J connectivity index is 1.58. The molecular formula is C20H18FNO3. The molecule has 0 spiro atoms. The van der Waals surface area contributed by atoms with Gasteiger partial charge < -0.3 is 14.5 Å². The van der Waals surface area contributed by atoms with E-state index in [0.29, 0.717) is 34.9 Å². The van der Waals surface area contributed by atoms with Crippen LogP contribution < -0.4 is 10.1 Å². The SMILES string of the molecule is COc1cccc(NC(=O)CCc2ccc(-c3ccccc3F)o2)c1. The third-order valence-electron chi connectivity index (χ3n) is 3.75. The van der Waals surface area contributed by atoms with E-state index >= 15 is 0 Å². The van der Waals surface area contributed by atoms with E-state index in [1.165, 1.54) is 6.07 Å². The Labute approximate surface area is 145 Å². The fraction of sp³-hybridized carbons (Fsp3) is 0.150. The zero-order valence-electron chi connectivity index (χ0n) is 13.8. The van der Waals surface area contributed by atoms with Gasteiger partial charge in [0.2, 0.25) is 5.91 Å². The molecule has 1 heterocycles. The topological polar surface area (TPSA) is 51.5 Å². The number of ether oxygens (including phenoxy) is 1. The quantitative estimate of drug-likeness (QED) is 0.710. The molecule has 0 aliphatic carbocycles. The number of nitrogens with one attached hydrogen (secondary N) is 1. The normalized spacial score (nSPS) is 10.5. The van der Waals surface area contributed by atoms with E-state index in [4.69, 9.17) is 9.15 Å². The maximum atomic E-state index is 13.8.